The Bertz CT molecular complexity index is 1230. The minimum atomic E-state index is -4.64. The third kappa shape index (κ3) is 34.5. The molecule has 0 radical (unpaired) electrons. The summed E-state index contributed by atoms with van der Waals surface area (Å²) in [5, 5.41) is 18.3. The molecule has 3 N–H and O–H groups in total. The van der Waals surface area contributed by atoms with Crippen molar-refractivity contribution in [1.29, 1.82) is 0 Å². The molecule has 12 heteroatoms. The zero-order valence-corrected chi connectivity index (χ0v) is 37.0. The monoisotopic (exact) mass is 839 g/mol. The lowest BCUT2D eigenvalue weighted by Crippen LogP contribution is -2.29. The van der Waals surface area contributed by atoms with Crippen LogP contribution < -0.4 is 0 Å². The predicted molar refractivity (Wildman–Crippen MR) is 232 cm³/mol. The van der Waals surface area contributed by atoms with Crippen LogP contribution in [0.15, 0.2) is 60.8 Å². The van der Waals surface area contributed by atoms with Gasteiger partial charge in [-0.05, 0) is 57.3 Å². The van der Waals surface area contributed by atoms with Gasteiger partial charge < -0.3 is 29.3 Å². The molecule has 1 fully saturated rings. The van der Waals surface area contributed by atoms with Crippen LogP contribution in [0.1, 0.15) is 162 Å². The number of carbonyl (C=O) groups is 2. The zero-order valence-electron chi connectivity index (χ0n) is 36.1. The van der Waals surface area contributed by atoms with E-state index in [-0.39, 0.29) is 19.4 Å². The Kier molecular flexibility index (Phi) is 33.7. The van der Waals surface area contributed by atoms with E-state index in [1.807, 2.05) is 12.2 Å². The first kappa shape index (κ1) is 53.6. The van der Waals surface area contributed by atoms with Gasteiger partial charge in [0.1, 0.15) is 12.7 Å². The van der Waals surface area contributed by atoms with Gasteiger partial charge in [0.25, 0.3) is 0 Å². The minimum Gasteiger partial charge on any atom is -0.462 e. The van der Waals surface area contributed by atoms with E-state index in [4.69, 9.17) is 23.8 Å². The molecule has 0 amide bonds. The molecule has 1 saturated heterocycles. The first-order valence-corrected chi connectivity index (χ1v) is 23.7. The number of rotatable bonds is 39. The highest BCUT2D eigenvalue weighted by Gasteiger charge is 2.36. The molecule has 334 valence electrons. The molecule has 0 aliphatic carbocycles. The first-order chi connectivity index (χ1) is 28.1. The molecule has 11 nitrogen and oxygen atoms in total. The second-order valence-corrected chi connectivity index (χ2v) is 17.0. The number of hydrogen-bond acceptors (Lipinski definition) is 10. The Balaban J connectivity index is 2.28. The third-order valence-electron chi connectivity index (χ3n) is 9.53. The molecule has 1 aliphatic rings. The summed E-state index contributed by atoms with van der Waals surface area (Å²) >= 11 is 0. The lowest BCUT2D eigenvalue weighted by Gasteiger charge is -2.20. The number of allylic oxidation sites excluding steroid dienone is 8. The van der Waals surface area contributed by atoms with Crippen LogP contribution in [0.25, 0.3) is 0 Å². The van der Waals surface area contributed by atoms with E-state index < -0.39 is 51.8 Å². The van der Waals surface area contributed by atoms with Gasteiger partial charge in [-0.1, -0.05) is 159 Å². The van der Waals surface area contributed by atoms with Gasteiger partial charge in [0, 0.05) is 12.8 Å². The second-order valence-electron chi connectivity index (χ2n) is 15.6. The van der Waals surface area contributed by atoms with Crippen molar-refractivity contribution >= 4 is 19.8 Å². The minimum absolute atomic E-state index is 0.112. The third-order valence-corrected chi connectivity index (χ3v) is 10.5. The summed E-state index contributed by atoms with van der Waals surface area (Å²) in [6.45, 7) is 4.49. The molecule has 58 heavy (non-hydrogen) atoms. The summed E-state index contributed by atoms with van der Waals surface area (Å²) in [7, 11) is -4.64. The van der Waals surface area contributed by atoms with Crippen LogP contribution in [0, 0.1) is 5.92 Å². The lowest BCUT2D eigenvalue weighted by atomic mass is 10.0. The number of hydrogen-bond donors (Lipinski definition) is 3. The number of phosphoric acid groups is 1. The van der Waals surface area contributed by atoms with Crippen LogP contribution in [0.2, 0.25) is 0 Å². The quantitative estimate of drug-likeness (QED) is 0.0178. The molecule has 1 rings (SSSR count). The fourth-order valence-corrected chi connectivity index (χ4v) is 6.80. The average molecular weight is 839 g/mol. The summed E-state index contributed by atoms with van der Waals surface area (Å²) in [5.41, 5.74) is 0. The molecular weight excluding hydrogens is 759 g/mol. The molecule has 0 aromatic heterocycles. The van der Waals surface area contributed by atoms with Gasteiger partial charge in [0.15, 0.2) is 6.10 Å². The number of esters is 2. The van der Waals surface area contributed by atoms with Crippen molar-refractivity contribution in [1.82, 2.24) is 0 Å². The second kappa shape index (κ2) is 36.5. The van der Waals surface area contributed by atoms with E-state index >= 15 is 0 Å². The highest BCUT2D eigenvalue weighted by atomic mass is 31.2. The molecule has 1 aliphatic heterocycles. The number of unbranched alkanes of at least 4 members (excludes halogenated alkanes) is 11. The predicted octanol–water partition coefficient (Wildman–Crippen LogP) is 10.7. The van der Waals surface area contributed by atoms with Crippen LogP contribution >= 0.6 is 7.82 Å². The Morgan fingerprint density at radius 2 is 1.16 bits per heavy atom. The van der Waals surface area contributed by atoms with Crippen molar-refractivity contribution < 1.29 is 52.5 Å². The van der Waals surface area contributed by atoms with Gasteiger partial charge in [0.05, 0.1) is 32.0 Å². The molecule has 1 heterocycles. The number of aliphatic hydroxyl groups is 2. The molecule has 5 atom stereocenters. The fraction of sp³-hybridized carbons (Fsp3) is 0.739. The lowest BCUT2D eigenvalue weighted by molar-refractivity contribution is -0.161. The summed E-state index contributed by atoms with van der Waals surface area (Å²) in [4.78, 5) is 35.0. The van der Waals surface area contributed by atoms with E-state index in [2.05, 4.69) is 73.9 Å². The van der Waals surface area contributed by atoms with Crippen LogP contribution in [0.4, 0.5) is 0 Å². The number of epoxide rings is 1. The Morgan fingerprint density at radius 3 is 1.71 bits per heavy atom. The first-order valence-electron chi connectivity index (χ1n) is 22.2. The molecule has 0 bridgehead atoms. The van der Waals surface area contributed by atoms with Crippen molar-refractivity contribution in [3.8, 4) is 0 Å². The highest BCUT2D eigenvalue weighted by Crippen LogP contribution is 2.43. The Morgan fingerprint density at radius 1 is 0.655 bits per heavy atom. The van der Waals surface area contributed by atoms with E-state index in [0.717, 1.165) is 63.7 Å². The summed E-state index contributed by atoms with van der Waals surface area (Å²) in [6, 6.07) is 0. The maximum Gasteiger partial charge on any atom is 0.472 e. The molecule has 0 aromatic carbocycles. The summed E-state index contributed by atoms with van der Waals surface area (Å²) in [6.07, 6.45) is 41.0. The summed E-state index contributed by atoms with van der Waals surface area (Å²) in [5.74, 6) is -0.228. The van der Waals surface area contributed by atoms with Crippen molar-refractivity contribution in [3.63, 3.8) is 0 Å². The van der Waals surface area contributed by atoms with Gasteiger partial charge >= 0.3 is 19.8 Å². The van der Waals surface area contributed by atoms with E-state index in [0.29, 0.717) is 25.0 Å². The average Bonchev–Trinajstić information content (AvgIpc) is 3.95. The van der Waals surface area contributed by atoms with Gasteiger partial charge in [-0.15, -0.1) is 0 Å². The largest absolute Gasteiger partial charge is 0.472 e. The molecule has 3 unspecified atom stereocenters. The Labute approximate surface area is 351 Å². The topological polar surface area (TPSA) is 161 Å². The zero-order chi connectivity index (χ0) is 42.5. The molecule has 0 aromatic rings. The standard InChI is InChI=1S/C46H79O11P/c1-4-5-26-32-43-44(57-43)33-28-23-19-15-11-7-9-12-16-20-24-29-34-45(49)53-38-42(39-55-58(51,52)54-37-41(48)36-47)56-46(50)35-30-25-21-17-13-8-6-10-14-18-22-27-31-40(2)3/h5,9,11-12,15,20,23-24,26,28,40-44,47-48H,4,6-8,10,13-14,16-19,21-22,25,27,29-39H2,1-3H3,(H,51,52)/b12-9-,15-11-,24-20-,26-5-,28-23-/t41-,42+,43?,44?/m0/s1. The van der Waals surface area contributed by atoms with Gasteiger partial charge in [-0.3, -0.25) is 18.6 Å². The number of aliphatic hydroxyl groups excluding tert-OH is 2. The molecule has 0 spiro atoms. The molecule has 0 saturated carbocycles. The van der Waals surface area contributed by atoms with Crippen LogP contribution in [-0.4, -0.2) is 77.9 Å². The SMILES string of the molecule is CC/C=C\CC1OC1C/C=C\C/C=C\C/C=C\C/C=C\CCC(=O)OC[C@H](COP(=O)(O)OC[C@@H](O)CO)OC(=O)CCCCCCCCCCCCCCC(C)C. The van der Waals surface area contributed by atoms with Crippen molar-refractivity contribution in [3.05, 3.63) is 60.8 Å². The van der Waals surface area contributed by atoms with Gasteiger partial charge in [-0.25, -0.2) is 4.57 Å². The van der Waals surface area contributed by atoms with E-state index in [9.17, 15) is 24.2 Å². The smallest absolute Gasteiger partial charge is 0.462 e. The van der Waals surface area contributed by atoms with Crippen molar-refractivity contribution in [2.75, 3.05) is 26.4 Å². The maximum absolute atomic E-state index is 12.6. The van der Waals surface area contributed by atoms with Crippen molar-refractivity contribution in [2.24, 2.45) is 5.92 Å². The number of carbonyl (C=O) groups excluding carboxylic acids is 2. The number of ether oxygens (including phenoxy) is 3. The summed E-state index contributed by atoms with van der Waals surface area (Å²) < 4.78 is 38.3. The fourth-order valence-electron chi connectivity index (χ4n) is 6.01. The normalized spacial score (nSPS) is 18.0. The van der Waals surface area contributed by atoms with Crippen LogP contribution in [0.5, 0.6) is 0 Å². The van der Waals surface area contributed by atoms with E-state index in [1.54, 1.807) is 0 Å². The van der Waals surface area contributed by atoms with Gasteiger partial charge in [0.2, 0.25) is 0 Å². The van der Waals surface area contributed by atoms with Crippen LogP contribution in [0.3, 0.4) is 0 Å². The highest BCUT2D eigenvalue weighted by molar-refractivity contribution is 7.47. The van der Waals surface area contributed by atoms with Gasteiger partial charge in [-0.2, -0.15) is 0 Å². The maximum atomic E-state index is 12.6. The Hall–Kier alpha value is -2.37. The molecular formula is C46H79O11P. The van der Waals surface area contributed by atoms with E-state index in [1.165, 1.54) is 57.8 Å². The van der Waals surface area contributed by atoms with Crippen molar-refractivity contribution in [2.45, 2.75) is 186 Å². The van der Waals surface area contributed by atoms with Crippen LogP contribution in [-0.2, 0) is 37.4 Å². The number of phosphoric ester groups is 1.